The number of carbonyl (C=O) groups excluding carboxylic acids is 1. The Morgan fingerprint density at radius 2 is 2.00 bits per heavy atom. The fraction of sp³-hybridized carbons (Fsp3) is 0.800. The lowest BCUT2D eigenvalue weighted by Gasteiger charge is -2.17. The number of carboxylic acids is 1. The molecule has 0 aromatic heterocycles. The van der Waals surface area contributed by atoms with Crippen molar-refractivity contribution in [3.63, 3.8) is 0 Å². The van der Waals surface area contributed by atoms with Crippen LogP contribution in [0.2, 0.25) is 0 Å². The van der Waals surface area contributed by atoms with Crippen LogP contribution in [-0.2, 0) is 14.3 Å². The molecule has 1 heterocycles. The third kappa shape index (κ3) is 3.46. The Labute approximate surface area is 93.6 Å². The van der Waals surface area contributed by atoms with Gasteiger partial charge in [-0.15, -0.1) is 0 Å². The van der Waals surface area contributed by atoms with Gasteiger partial charge in [-0.05, 0) is 12.3 Å². The minimum atomic E-state index is -1.13. The molecule has 1 aliphatic rings. The molecule has 1 rings (SSSR count). The zero-order valence-electron chi connectivity index (χ0n) is 9.34. The number of hydrogen-bond donors (Lipinski definition) is 3. The highest BCUT2D eigenvalue weighted by atomic mass is 16.6. The molecule has 0 aliphatic carbocycles. The number of aliphatic hydroxyl groups excluding tert-OH is 1. The van der Waals surface area contributed by atoms with Gasteiger partial charge in [0.1, 0.15) is 0 Å². The molecule has 92 valence electrons. The van der Waals surface area contributed by atoms with Gasteiger partial charge in [0.05, 0.1) is 12.6 Å². The Kier molecular flexibility index (Phi) is 4.26. The molecule has 1 fully saturated rings. The number of aliphatic hydroxyl groups is 1. The van der Waals surface area contributed by atoms with E-state index in [1.54, 1.807) is 0 Å². The number of carboxylic acid groups (broad SMARTS) is 1. The second kappa shape index (κ2) is 5.27. The standard InChI is InChI=1S/C10H17NO5/c1-5(2)3-6(4-12)11-9(13)7-8(16-7)10(14)15/h5-8,12H,3-4H2,1-2H3,(H,11,13)(H,14,15)/t6?,7-,8-/m0/s1. The number of epoxide rings is 1. The molecule has 3 atom stereocenters. The van der Waals surface area contributed by atoms with E-state index >= 15 is 0 Å². The highest BCUT2D eigenvalue weighted by Crippen LogP contribution is 2.22. The first-order chi connectivity index (χ1) is 7.45. The molecule has 1 aliphatic heterocycles. The van der Waals surface area contributed by atoms with E-state index in [9.17, 15) is 9.59 Å². The van der Waals surface area contributed by atoms with Crippen molar-refractivity contribution in [2.75, 3.05) is 6.61 Å². The molecule has 0 aromatic carbocycles. The highest BCUT2D eigenvalue weighted by Gasteiger charge is 2.50. The summed E-state index contributed by atoms with van der Waals surface area (Å²) in [4.78, 5) is 21.9. The monoisotopic (exact) mass is 231 g/mol. The van der Waals surface area contributed by atoms with Crippen LogP contribution in [0, 0.1) is 5.92 Å². The van der Waals surface area contributed by atoms with E-state index < -0.39 is 24.1 Å². The van der Waals surface area contributed by atoms with Gasteiger partial charge >= 0.3 is 5.97 Å². The van der Waals surface area contributed by atoms with Gasteiger partial charge in [-0.2, -0.15) is 0 Å². The van der Waals surface area contributed by atoms with E-state index in [1.807, 2.05) is 13.8 Å². The Bertz CT molecular complexity index is 278. The minimum absolute atomic E-state index is 0.158. The van der Waals surface area contributed by atoms with E-state index in [2.05, 4.69) is 5.32 Å². The van der Waals surface area contributed by atoms with Crippen molar-refractivity contribution in [3.8, 4) is 0 Å². The van der Waals surface area contributed by atoms with Gasteiger partial charge in [0.2, 0.25) is 0 Å². The second-order valence-corrected chi connectivity index (χ2v) is 4.33. The number of carbonyl (C=O) groups is 2. The van der Waals surface area contributed by atoms with Gasteiger partial charge < -0.3 is 20.3 Å². The van der Waals surface area contributed by atoms with Gasteiger partial charge in [0.15, 0.2) is 12.2 Å². The molecule has 0 aromatic rings. The maximum Gasteiger partial charge on any atom is 0.336 e. The van der Waals surface area contributed by atoms with Crippen molar-refractivity contribution in [1.82, 2.24) is 5.32 Å². The average Bonchev–Trinajstić information content (AvgIpc) is 2.95. The third-order valence-corrected chi connectivity index (χ3v) is 2.32. The first-order valence-corrected chi connectivity index (χ1v) is 5.25. The number of rotatable bonds is 6. The molecule has 3 N–H and O–H groups in total. The van der Waals surface area contributed by atoms with Gasteiger partial charge in [0, 0.05) is 0 Å². The summed E-state index contributed by atoms with van der Waals surface area (Å²) in [5.41, 5.74) is 0. The van der Waals surface area contributed by atoms with Gasteiger partial charge in [-0.1, -0.05) is 13.8 Å². The first-order valence-electron chi connectivity index (χ1n) is 5.25. The van der Waals surface area contributed by atoms with Gasteiger partial charge in [-0.25, -0.2) is 4.79 Å². The summed E-state index contributed by atoms with van der Waals surface area (Å²) in [6.45, 7) is 3.79. The van der Waals surface area contributed by atoms with E-state index in [0.29, 0.717) is 12.3 Å². The molecule has 1 unspecified atom stereocenters. The Balaban J connectivity index is 2.36. The maximum absolute atomic E-state index is 11.5. The van der Waals surface area contributed by atoms with Crippen molar-refractivity contribution in [3.05, 3.63) is 0 Å². The molecule has 0 saturated carbocycles. The Morgan fingerprint density at radius 3 is 2.38 bits per heavy atom. The topological polar surface area (TPSA) is 99.2 Å². The van der Waals surface area contributed by atoms with Crippen molar-refractivity contribution < 1.29 is 24.5 Å². The smallest absolute Gasteiger partial charge is 0.336 e. The summed E-state index contributed by atoms with van der Waals surface area (Å²) in [7, 11) is 0. The summed E-state index contributed by atoms with van der Waals surface area (Å²) in [5.74, 6) is -1.26. The van der Waals surface area contributed by atoms with Crippen molar-refractivity contribution in [2.24, 2.45) is 5.92 Å². The molecular weight excluding hydrogens is 214 g/mol. The van der Waals surface area contributed by atoms with Crippen LogP contribution >= 0.6 is 0 Å². The number of aliphatic carboxylic acids is 1. The first kappa shape index (κ1) is 12.9. The van der Waals surface area contributed by atoms with Crippen molar-refractivity contribution >= 4 is 11.9 Å². The quantitative estimate of drug-likeness (QED) is 0.528. The van der Waals surface area contributed by atoms with Crippen molar-refractivity contribution in [2.45, 2.75) is 38.5 Å². The summed E-state index contributed by atoms with van der Waals surface area (Å²) >= 11 is 0. The van der Waals surface area contributed by atoms with Crippen LogP contribution in [0.25, 0.3) is 0 Å². The molecule has 0 radical (unpaired) electrons. The predicted molar refractivity (Wildman–Crippen MR) is 54.8 cm³/mol. The lowest BCUT2D eigenvalue weighted by molar-refractivity contribution is -0.138. The Morgan fingerprint density at radius 1 is 1.38 bits per heavy atom. The van der Waals surface area contributed by atoms with Crippen LogP contribution in [0.1, 0.15) is 20.3 Å². The molecule has 1 saturated heterocycles. The molecule has 0 bridgehead atoms. The third-order valence-electron chi connectivity index (χ3n) is 2.32. The largest absolute Gasteiger partial charge is 0.479 e. The SMILES string of the molecule is CC(C)CC(CO)NC(=O)[C@H]1O[C@@H]1C(=O)O. The van der Waals surface area contributed by atoms with Crippen LogP contribution in [0.3, 0.4) is 0 Å². The normalized spacial score (nSPS) is 25.2. The van der Waals surface area contributed by atoms with E-state index in [0.717, 1.165) is 0 Å². The zero-order valence-corrected chi connectivity index (χ0v) is 9.34. The molecule has 6 heteroatoms. The highest BCUT2D eigenvalue weighted by molar-refractivity contribution is 5.92. The number of ether oxygens (including phenoxy) is 1. The fourth-order valence-corrected chi connectivity index (χ4v) is 1.53. The molecule has 0 spiro atoms. The second-order valence-electron chi connectivity index (χ2n) is 4.33. The van der Waals surface area contributed by atoms with Crippen LogP contribution in [-0.4, -0.2) is 46.9 Å². The fourth-order valence-electron chi connectivity index (χ4n) is 1.53. The van der Waals surface area contributed by atoms with E-state index in [-0.39, 0.29) is 12.6 Å². The number of amides is 1. The molecule has 16 heavy (non-hydrogen) atoms. The Hall–Kier alpha value is -1.14. The van der Waals surface area contributed by atoms with Crippen LogP contribution in [0.5, 0.6) is 0 Å². The summed E-state index contributed by atoms with van der Waals surface area (Å²) in [6, 6.07) is -0.342. The van der Waals surface area contributed by atoms with Crippen LogP contribution in [0.15, 0.2) is 0 Å². The summed E-state index contributed by atoms with van der Waals surface area (Å²) in [6.07, 6.45) is -1.29. The lowest BCUT2D eigenvalue weighted by Crippen LogP contribution is -2.41. The molecule has 6 nitrogen and oxygen atoms in total. The summed E-state index contributed by atoms with van der Waals surface area (Å²) < 4.78 is 4.70. The van der Waals surface area contributed by atoms with Crippen LogP contribution < -0.4 is 5.32 Å². The molecular formula is C10H17NO5. The van der Waals surface area contributed by atoms with Crippen molar-refractivity contribution in [1.29, 1.82) is 0 Å². The van der Waals surface area contributed by atoms with Crippen LogP contribution in [0.4, 0.5) is 0 Å². The average molecular weight is 231 g/mol. The summed E-state index contributed by atoms with van der Waals surface area (Å²) in [5, 5.41) is 20.2. The predicted octanol–water partition coefficient (Wildman–Crippen LogP) is -0.638. The molecule has 1 amide bonds. The zero-order chi connectivity index (χ0) is 12.3. The van der Waals surface area contributed by atoms with Gasteiger partial charge in [0.25, 0.3) is 5.91 Å². The van der Waals surface area contributed by atoms with Gasteiger partial charge in [-0.3, -0.25) is 4.79 Å². The number of nitrogens with one attached hydrogen (secondary N) is 1. The van der Waals surface area contributed by atoms with E-state index in [1.165, 1.54) is 0 Å². The lowest BCUT2D eigenvalue weighted by atomic mass is 10.0. The maximum atomic E-state index is 11.5. The number of hydrogen-bond acceptors (Lipinski definition) is 4. The minimum Gasteiger partial charge on any atom is -0.479 e. The van der Waals surface area contributed by atoms with E-state index in [4.69, 9.17) is 14.9 Å².